The van der Waals surface area contributed by atoms with Gasteiger partial charge < -0.3 is 5.32 Å². The number of carbonyl (C=O) groups excluding carboxylic acids is 1. The quantitative estimate of drug-likeness (QED) is 0.516. The number of aromatic nitrogens is 4. The van der Waals surface area contributed by atoms with Crippen molar-refractivity contribution in [3.05, 3.63) is 89.1 Å². The lowest BCUT2D eigenvalue weighted by atomic mass is 10.1. The van der Waals surface area contributed by atoms with Crippen molar-refractivity contribution in [3.63, 3.8) is 0 Å². The molecule has 0 fully saturated rings. The molecule has 0 radical (unpaired) electrons. The molecule has 2 aromatic heterocycles. The van der Waals surface area contributed by atoms with Crippen LogP contribution in [0.4, 0.5) is 0 Å². The third kappa shape index (κ3) is 4.30. The molecule has 4 rings (SSSR count). The summed E-state index contributed by atoms with van der Waals surface area (Å²) in [7, 11) is 0. The number of amides is 1. The maximum atomic E-state index is 12.8. The Hall–Kier alpha value is -3.74. The van der Waals surface area contributed by atoms with E-state index < -0.39 is 0 Å². The summed E-state index contributed by atoms with van der Waals surface area (Å²) in [4.78, 5) is 29.6. The van der Waals surface area contributed by atoms with E-state index in [4.69, 9.17) is 0 Å². The molecule has 7 heteroatoms. The zero-order chi connectivity index (χ0) is 20.9. The van der Waals surface area contributed by atoms with E-state index in [0.29, 0.717) is 11.0 Å². The average Bonchev–Trinajstić information content (AvgIpc) is 3.20. The topological polar surface area (TPSA) is 81.8 Å². The van der Waals surface area contributed by atoms with Gasteiger partial charge in [0.2, 0.25) is 5.91 Å². The van der Waals surface area contributed by atoms with E-state index in [0.717, 1.165) is 18.5 Å². The van der Waals surface area contributed by atoms with Gasteiger partial charge in [-0.2, -0.15) is 5.10 Å². The number of hydrogen-bond acceptors (Lipinski definition) is 4. The van der Waals surface area contributed by atoms with Crippen molar-refractivity contribution in [1.82, 2.24) is 24.6 Å². The fraction of sp³-hybridized carbons (Fsp3) is 0.217. The Morgan fingerprint density at radius 1 is 1.07 bits per heavy atom. The Bertz CT molecular complexity index is 1200. The van der Waals surface area contributed by atoms with Crippen LogP contribution in [0.5, 0.6) is 0 Å². The van der Waals surface area contributed by atoms with Gasteiger partial charge in [0, 0.05) is 6.04 Å². The standard InChI is InChI=1S/C23H23N5O2/c1-17(12-13-18-8-4-2-5-9-18)26-21(29)15-27-16-24-22-20(23(27)30)14-25-28(22)19-10-6-3-7-11-19/h2-11,14,16-17H,12-13,15H2,1H3,(H,26,29)/t17-/m0/s1. The third-order valence-electron chi connectivity index (χ3n) is 4.99. The summed E-state index contributed by atoms with van der Waals surface area (Å²) in [5, 5.41) is 7.63. The summed E-state index contributed by atoms with van der Waals surface area (Å²) in [6, 6.07) is 19.6. The van der Waals surface area contributed by atoms with Crippen LogP contribution in [-0.2, 0) is 17.8 Å². The number of nitrogens with zero attached hydrogens (tertiary/aromatic N) is 4. The molecule has 0 aliphatic carbocycles. The van der Waals surface area contributed by atoms with Crippen molar-refractivity contribution in [2.45, 2.75) is 32.4 Å². The van der Waals surface area contributed by atoms with E-state index >= 15 is 0 Å². The summed E-state index contributed by atoms with van der Waals surface area (Å²) in [5.41, 5.74) is 2.25. The zero-order valence-electron chi connectivity index (χ0n) is 16.7. The fourth-order valence-electron chi connectivity index (χ4n) is 3.39. The molecular weight excluding hydrogens is 378 g/mol. The summed E-state index contributed by atoms with van der Waals surface area (Å²) in [5.74, 6) is -0.214. The highest BCUT2D eigenvalue weighted by Gasteiger charge is 2.14. The number of carbonyl (C=O) groups is 1. The Kier molecular flexibility index (Phi) is 5.70. The van der Waals surface area contributed by atoms with Crippen LogP contribution in [0, 0.1) is 0 Å². The van der Waals surface area contributed by atoms with E-state index in [1.54, 1.807) is 4.68 Å². The van der Waals surface area contributed by atoms with Gasteiger partial charge in [-0.3, -0.25) is 14.2 Å². The maximum Gasteiger partial charge on any atom is 0.264 e. The van der Waals surface area contributed by atoms with Crippen LogP contribution in [0.2, 0.25) is 0 Å². The molecule has 1 amide bonds. The summed E-state index contributed by atoms with van der Waals surface area (Å²) >= 11 is 0. The number of aryl methyl sites for hydroxylation is 1. The minimum Gasteiger partial charge on any atom is -0.352 e. The van der Waals surface area contributed by atoms with Crippen molar-refractivity contribution < 1.29 is 4.79 Å². The molecule has 0 aliphatic heterocycles. The monoisotopic (exact) mass is 401 g/mol. The van der Waals surface area contributed by atoms with Gasteiger partial charge in [-0.25, -0.2) is 9.67 Å². The molecule has 152 valence electrons. The molecule has 0 aliphatic rings. The fourth-order valence-corrected chi connectivity index (χ4v) is 3.39. The molecule has 0 spiro atoms. The highest BCUT2D eigenvalue weighted by atomic mass is 16.2. The van der Waals surface area contributed by atoms with Gasteiger partial charge in [-0.05, 0) is 37.5 Å². The highest BCUT2D eigenvalue weighted by molar-refractivity contribution is 5.78. The van der Waals surface area contributed by atoms with Gasteiger partial charge in [0.15, 0.2) is 5.65 Å². The Morgan fingerprint density at radius 3 is 2.50 bits per heavy atom. The summed E-state index contributed by atoms with van der Waals surface area (Å²) in [6.07, 6.45) is 4.61. The third-order valence-corrected chi connectivity index (χ3v) is 4.99. The second-order valence-corrected chi connectivity index (χ2v) is 7.30. The van der Waals surface area contributed by atoms with Gasteiger partial charge in [-0.15, -0.1) is 0 Å². The molecule has 0 bridgehead atoms. The smallest absolute Gasteiger partial charge is 0.264 e. The predicted molar refractivity (Wildman–Crippen MR) is 115 cm³/mol. The van der Waals surface area contributed by atoms with Crippen molar-refractivity contribution in [3.8, 4) is 5.69 Å². The van der Waals surface area contributed by atoms with Gasteiger partial charge in [0.1, 0.15) is 18.3 Å². The molecule has 2 aromatic carbocycles. The molecule has 1 atom stereocenters. The van der Waals surface area contributed by atoms with Crippen molar-refractivity contribution in [1.29, 1.82) is 0 Å². The first-order valence-electron chi connectivity index (χ1n) is 9.93. The largest absolute Gasteiger partial charge is 0.352 e. The summed E-state index contributed by atoms with van der Waals surface area (Å²) in [6.45, 7) is 1.89. The molecule has 0 saturated carbocycles. The molecule has 0 unspecified atom stereocenters. The Balaban J connectivity index is 1.43. The van der Waals surface area contributed by atoms with Crippen LogP contribution in [0.1, 0.15) is 18.9 Å². The van der Waals surface area contributed by atoms with Crippen LogP contribution < -0.4 is 10.9 Å². The SMILES string of the molecule is C[C@@H](CCc1ccccc1)NC(=O)Cn1cnc2c(cnn2-c2ccccc2)c1=O. The van der Waals surface area contributed by atoms with Crippen LogP contribution in [-0.4, -0.2) is 31.3 Å². The van der Waals surface area contributed by atoms with Crippen molar-refractivity contribution in [2.24, 2.45) is 0 Å². The van der Waals surface area contributed by atoms with Gasteiger partial charge in [0.05, 0.1) is 11.9 Å². The Morgan fingerprint density at radius 2 is 1.77 bits per heavy atom. The van der Waals surface area contributed by atoms with Gasteiger partial charge in [-0.1, -0.05) is 48.5 Å². The number of benzene rings is 2. The van der Waals surface area contributed by atoms with Crippen molar-refractivity contribution >= 4 is 16.9 Å². The second-order valence-electron chi connectivity index (χ2n) is 7.30. The number of hydrogen-bond donors (Lipinski definition) is 1. The number of nitrogens with one attached hydrogen (secondary N) is 1. The van der Waals surface area contributed by atoms with Crippen LogP contribution in [0.25, 0.3) is 16.7 Å². The number of fused-ring (bicyclic) bond motifs is 1. The molecular formula is C23H23N5O2. The first kappa shape index (κ1) is 19.6. The average molecular weight is 401 g/mol. The van der Waals surface area contributed by atoms with Gasteiger partial charge >= 0.3 is 0 Å². The molecule has 1 N–H and O–H groups in total. The summed E-state index contributed by atoms with van der Waals surface area (Å²) < 4.78 is 2.94. The first-order chi connectivity index (χ1) is 14.6. The predicted octanol–water partition coefficient (Wildman–Crippen LogP) is 2.72. The van der Waals surface area contributed by atoms with Gasteiger partial charge in [0.25, 0.3) is 5.56 Å². The number of rotatable bonds is 7. The van der Waals surface area contributed by atoms with E-state index in [1.807, 2.05) is 55.5 Å². The maximum absolute atomic E-state index is 12.8. The lowest BCUT2D eigenvalue weighted by Crippen LogP contribution is -2.37. The normalized spacial score (nSPS) is 12.0. The molecule has 2 heterocycles. The molecule has 7 nitrogen and oxygen atoms in total. The molecule has 4 aromatic rings. The molecule has 30 heavy (non-hydrogen) atoms. The van der Waals surface area contributed by atoms with Crippen LogP contribution in [0.3, 0.4) is 0 Å². The van der Waals surface area contributed by atoms with E-state index in [9.17, 15) is 9.59 Å². The van der Waals surface area contributed by atoms with Crippen LogP contribution in [0.15, 0.2) is 78.0 Å². The first-order valence-corrected chi connectivity index (χ1v) is 9.93. The lowest BCUT2D eigenvalue weighted by molar-refractivity contribution is -0.122. The Labute approximate surface area is 174 Å². The second kappa shape index (κ2) is 8.73. The van der Waals surface area contributed by atoms with E-state index in [1.165, 1.54) is 22.7 Å². The van der Waals surface area contributed by atoms with Crippen molar-refractivity contribution in [2.75, 3.05) is 0 Å². The minimum absolute atomic E-state index is 0.00549. The minimum atomic E-state index is -0.283. The zero-order valence-corrected chi connectivity index (χ0v) is 16.7. The van der Waals surface area contributed by atoms with E-state index in [-0.39, 0.29) is 24.1 Å². The highest BCUT2D eigenvalue weighted by Crippen LogP contribution is 2.13. The van der Waals surface area contributed by atoms with Crippen LogP contribution >= 0.6 is 0 Å². The number of para-hydroxylation sites is 1. The molecule has 0 saturated heterocycles. The lowest BCUT2D eigenvalue weighted by Gasteiger charge is -2.14. The van der Waals surface area contributed by atoms with E-state index in [2.05, 4.69) is 27.5 Å².